The minimum absolute atomic E-state index is 0.0207. The summed E-state index contributed by atoms with van der Waals surface area (Å²) in [6.07, 6.45) is 2.03. The Hall–Kier alpha value is -2.33. The number of rotatable bonds is 9. The average molecular weight is 340 g/mol. The van der Waals surface area contributed by atoms with E-state index in [0.717, 1.165) is 36.3 Å². The number of hydrogen-bond donors (Lipinski definition) is 1. The predicted octanol–water partition coefficient (Wildman–Crippen LogP) is 4.64. The van der Waals surface area contributed by atoms with Gasteiger partial charge in [-0.1, -0.05) is 55.8 Å². The van der Waals surface area contributed by atoms with Gasteiger partial charge in [0.05, 0.1) is 24.0 Å². The molecule has 2 aromatic rings. The molecule has 0 saturated heterocycles. The molecule has 0 spiro atoms. The summed E-state index contributed by atoms with van der Waals surface area (Å²) in [5, 5.41) is 3.56. The average Bonchev–Trinajstić information content (AvgIpc) is 2.63. The molecule has 134 valence electrons. The second-order valence-electron chi connectivity index (χ2n) is 6.10. The van der Waals surface area contributed by atoms with Crippen molar-refractivity contribution in [3.8, 4) is 0 Å². The summed E-state index contributed by atoms with van der Waals surface area (Å²) in [4.78, 5) is 14.0. The second kappa shape index (κ2) is 9.84. The van der Waals surface area contributed by atoms with Gasteiger partial charge in [-0.25, -0.2) is 0 Å². The highest BCUT2D eigenvalue weighted by Crippen LogP contribution is 2.30. The van der Waals surface area contributed by atoms with Crippen LogP contribution in [-0.4, -0.2) is 26.2 Å². The maximum Gasteiger partial charge on any atom is 0.223 e. The number of nitrogens with one attached hydrogen (secondary N) is 1. The van der Waals surface area contributed by atoms with E-state index in [1.165, 1.54) is 0 Å². The molecule has 0 bridgehead atoms. The van der Waals surface area contributed by atoms with Crippen LogP contribution in [0.15, 0.2) is 54.6 Å². The summed E-state index contributed by atoms with van der Waals surface area (Å²) in [5.41, 5.74) is 3.02. The molecule has 0 fully saturated rings. The lowest BCUT2D eigenvalue weighted by Gasteiger charge is -2.27. The highest BCUT2D eigenvalue weighted by atomic mass is 16.5. The minimum Gasteiger partial charge on any atom is -0.382 e. The molecule has 0 unspecified atom stereocenters. The third kappa shape index (κ3) is 5.33. The molecule has 0 radical (unpaired) electrons. The van der Waals surface area contributed by atoms with Crippen molar-refractivity contribution in [3.05, 3.63) is 60.2 Å². The van der Waals surface area contributed by atoms with Gasteiger partial charge in [0.2, 0.25) is 5.91 Å². The number of ether oxygens (including phenoxy) is 1. The monoisotopic (exact) mass is 340 g/mol. The van der Waals surface area contributed by atoms with E-state index < -0.39 is 0 Å². The van der Waals surface area contributed by atoms with Gasteiger partial charge in [0.1, 0.15) is 0 Å². The van der Waals surface area contributed by atoms with Crippen LogP contribution in [0.1, 0.15) is 38.3 Å². The van der Waals surface area contributed by atoms with Crippen molar-refractivity contribution in [2.75, 3.05) is 30.5 Å². The van der Waals surface area contributed by atoms with Crippen LogP contribution in [0.2, 0.25) is 0 Å². The molecular formula is C21H28N2O2. The van der Waals surface area contributed by atoms with E-state index in [1.807, 2.05) is 47.4 Å². The molecular weight excluding hydrogens is 312 g/mol. The molecule has 1 amide bonds. The predicted molar refractivity (Wildman–Crippen MR) is 104 cm³/mol. The Kier molecular flexibility index (Phi) is 7.48. The van der Waals surface area contributed by atoms with E-state index in [4.69, 9.17) is 4.74 Å². The van der Waals surface area contributed by atoms with Gasteiger partial charge in [-0.15, -0.1) is 0 Å². The summed E-state index contributed by atoms with van der Waals surface area (Å²) in [6, 6.07) is 18.2. The van der Waals surface area contributed by atoms with Gasteiger partial charge in [0.15, 0.2) is 0 Å². The highest BCUT2D eigenvalue weighted by molar-refractivity contribution is 5.95. The minimum atomic E-state index is 0.0207. The molecule has 0 aliphatic rings. The Labute approximate surface area is 150 Å². The van der Waals surface area contributed by atoms with Crippen LogP contribution in [0.25, 0.3) is 0 Å². The number of unbranched alkanes of at least 4 members (excludes halogenated alkanes) is 1. The fraction of sp³-hybridized carbons (Fsp3) is 0.381. The molecule has 4 heteroatoms. The fourth-order valence-corrected chi connectivity index (χ4v) is 2.86. The van der Waals surface area contributed by atoms with E-state index in [9.17, 15) is 4.79 Å². The number of nitrogens with zero attached hydrogens (tertiary/aromatic N) is 1. The van der Waals surface area contributed by atoms with Crippen molar-refractivity contribution in [2.45, 2.75) is 32.7 Å². The van der Waals surface area contributed by atoms with Crippen LogP contribution >= 0.6 is 0 Å². The van der Waals surface area contributed by atoms with Crippen molar-refractivity contribution in [2.24, 2.45) is 0 Å². The van der Waals surface area contributed by atoms with Gasteiger partial charge in [-0.2, -0.15) is 0 Å². The van der Waals surface area contributed by atoms with Gasteiger partial charge in [-0.05, 0) is 24.1 Å². The summed E-state index contributed by atoms with van der Waals surface area (Å²) in [5.74, 6) is 0.0608. The zero-order valence-electron chi connectivity index (χ0n) is 15.4. The Balaban J connectivity index is 2.30. The van der Waals surface area contributed by atoms with Gasteiger partial charge < -0.3 is 15.0 Å². The molecule has 1 atom stereocenters. The number of para-hydroxylation sites is 2. The third-order valence-electron chi connectivity index (χ3n) is 4.18. The van der Waals surface area contributed by atoms with E-state index in [2.05, 4.69) is 24.4 Å². The first kappa shape index (κ1) is 19.0. The number of anilines is 2. The molecule has 0 heterocycles. The molecule has 0 aromatic heterocycles. The summed E-state index contributed by atoms with van der Waals surface area (Å²) in [6.45, 7) is 5.03. The maximum absolute atomic E-state index is 12.2. The second-order valence-corrected chi connectivity index (χ2v) is 6.10. The van der Waals surface area contributed by atoms with Crippen LogP contribution in [0.4, 0.5) is 11.4 Å². The summed E-state index contributed by atoms with van der Waals surface area (Å²) >= 11 is 0. The Bertz CT molecular complexity index is 658. The number of carbonyl (C=O) groups is 1. The topological polar surface area (TPSA) is 41.6 Å². The van der Waals surface area contributed by atoms with Crippen LogP contribution in [-0.2, 0) is 9.53 Å². The smallest absolute Gasteiger partial charge is 0.223 e. The van der Waals surface area contributed by atoms with Crippen molar-refractivity contribution < 1.29 is 9.53 Å². The normalized spacial score (nSPS) is 11.8. The van der Waals surface area contributed by atoms with Crippen LogP contribution < -0.4 is 10.2 Å². The fourth-order valence-electron chi connectivity index (χ4n) is 2.86. The number of amides is 1. The lowest BCUT2D eigenvalue weighted by atomic mass is 10.1. The van der Waals surface area contributed by atoms with Crippen molar-refractivity contribution in [3.63, 3.8) is 0 Å². The van der Waals surface area contributed by atoms with Crippen molar-refractivity contribution in [1.29, 1.82) is 0 Å². The maximum atomic E-state index is 12.2. The lowest BCUT2D eigenvalue weighted by Crippen LogP contribution is -2.30. The number of benzene rings is 2. The SMILES string of the molecule is CCCCN(C(C)=O)c1ccccc1N[C@@H](COC)c1ccccc1. The molecule has 2 aromatic carbocycles. The third-order valence-corrected chi connectivity index (χ3v) is 4.18. The molecule has 0 aliphatic carbocycles. The van der Waals surface area contributed by atoms with Gasteiger partial charge in [0, 0.05) is 20.6 Å². The molecule has 1 N–H and O–H groups in total. The molecule has 0 aliphatic heterocycles. The Morgan fingerprint density at radius 3 is 2.44 bits per heavy atom. The van der Waals surface area contributed by atoms with Crippen molar-refractivity contribution in [1.82, 2.24) is 0 Å². The zero-order valence-corrected chi connectivity index (χ0v) is 15.4. The van der Waals surface area contributed by atoms with E-state index >= 15 is 0 Å². The number of carbonyl (C=O) groups excluding carboxylic acids is 1. The molecule has 2 rings (SSSR count). The zero-order chi connectivity index (χ0) is 18.1. The number of methoxy groups -OCH3 is 1. The first-order valence-electron chi connectivity index (χ1n) is 8.85. The molecule has 25 heavy (non-hydrogen) atoms. The molecule has 0 saturated carbocycles. The first-order valence-corrected chi connectivity index (χ1v) is 8.85. The van der Waals surface area contributed by atoms with E-state index in [1.54, 1.807) is 14.0 Å². The van der Waals surface area contributed by atoms with Crippen molar-refractivity contribution >= 4 is 17.3 Å². The standard InChI is InChI=1S/C21H28N2O2/c1-4-5-15-23(17(2)24)21-14-10-9-13-19(21)22-20(16-25-3)18-11-7-6-8-12-18/h6-14,20,22H,4-5,15-16H2,1-3H3/t20-/m0/s1. The summed E-state index contributed by atoms with van der Waals surface area (Å²) in [7, 11) is 1.70. The van der Waals surface area contributed by atoms with E-state index in [0.29, 0.717) is 6.61 Å². The van der Waals surface area contributed by atoms with Crippen LogP contribution in [0, 0.1) is 0 Å². The van der Waals surface area contributed by atoms with Crippen LogP contribution in [0.5, 0.6) is 0 Å². The highest BCUT2D eigenvalue weighted by Gasteiger charge is 2.18. The number of hydrogen-bond acceptors (Lipinski definition) is 3. The Morgan fingerprint density at radius 1 is 1.12 bits per heavy atom. The van der Waals surface area contributed by atoms with Gasteiger partial charge in [-0.3, -0.25) is 4.79 Å². The van der Waals surface area contributed by atoms with Gasteiger partial charge >= 0.3 is 0 Å². The van der Waals surface area contributed by atoms with Crippen LogP contribution in [0.3, 0.4) is 0 Å². The first-order chi connectivity index (χ1) is 12.2. The Morgan fingerprint density at radius 2 is 1.80 bits per heavy atom. The van der Waals surface area contributed by atoms with Gasteiger partial charge in [0.25, 0.3) is 0 Å². The summed E-state index contributed by atoms with van der Waals surface area (Å²) < 4.78 is 5.40. The quantitative estimate of drug-likeness (QED) is 0.723. The molecule has 4 nitrogen and oxygen atoms in total. The van der Waals surface area contributed by atoms with E-state index in [-0.39, 0.29) is 11.9 Å². The largest absolute Gasteiger partial charge is 0.382 e. The lowest BCUT2D eigenvalue weighted by molar-refractivity contribution is -0.116.